The van der Waals surface area contributed by atoms with Gasteiger partial charge in [0.1, 0.15) is 11.6 Å². The van der Waals surface area contributed by atoms with Crippen LogP contribution in [-0.4, -0.2) is 9.78 Å². The van der Waals surface area contributed by atoms with Crippen molar-refractivity contribution >= 4 is 5.82 Å². The van der Waals surface area contributed by atoms with Gasteiger partial charge >= 0.3 is 0 Å². The molecular formula is C11H14FN5. The Morgan fingerprint density at radius 2 is 2.00 bits per heavy atom. The average molecular weight is 235 g/mol. The third-order valence-corrected chi connectivity index (χ3v) is 2.70. The molecule has 0 saturated heterocycles. The smallest absolute Gasteiger partial charge is 0.126 e. The second-order valence-electron chi connectivity index (χ2n) is 3.76. The van der Waals surface area contributed by atoms with E-state index in [1.165, 1.54) is 12.1 Å². The van der Waals surface area contributed by atoms with Crippen molar-refractivity contribution in [1.29, 1.82) is 0 Å². The second-order valence-corrected chi connectivity index (χ2v) is 3.76. The Bertz CT molecular complexity index is 505. The number of aryl methyl sites for hydroxylation is 1. The highest BCUT2D eigenvalue weighted by atomic mass is 19.1. The number of nitrogens with one attached hydrogen (secondary N) is 1. The molecule has 0 fully saturated rings. The van der Waals surface area contributed by atoms with Gasteiger partial charge in [-0.3, -0.25) is 10.5 Å². The molecule has 2 rings (SSSR count). The van der Waals surface area contributed by atoms with Gasteiger partial charge in [-0.1, -0.05) is 12.1 Å². The van der Waals surface area contributed by atoms with Gasteiger partial charge in [0.05, 0.1) is 12.2 Å². The molecule has 0 amide bonds. The minimum Gasteiger partial charge on any atom is -0.384 e. The number of hydrogen-bond donors (Lipinski definition) is 3. The molecule has 1 aromatic carbocycles. The summed E-state index contributed by atoms with van der Waals surface area (Å²) in [5, 5.41) is 4.05. The van der Waals surface area contributed by atoms with Gasteiger partial charge in [0.25, 0.3) is 0 Å². The first kappa shape index (κ1) is 11.6. The molecule has 1 unspecified atom stereocenters. The normalized spacial score (nSPS) is 12.6. The fourth-order valence-electron chi connectivity index (χ4n) is 1.71. The molecule has 0 radical (unpaired) electrons. The summed E-state index contributed by atoms with van der Waals surface area (Å²) in [5.74, 6) is 5.75. The van der Waals surface area contributed by atoms with E-state index in [2.05, 4.69) is 10.5 Å². The number of benzene rings is 1. The number of aromatic nitrogens is 2. The average Bonchev–Trinajstić information content (AvgIpc) is 2.65. The first-order chi connectivity index (χ1) is 8.13. The van der Waals surface area contributed by atoms with E-state index in [0.717, 1.165) is 11.1 Å². The molecule has 0 saturated carbocycles. The summed E-state index contributed by atoms with van der Waals surface area (Å²) < 4.78 is 14.4. The Kier molecular flexibility index (Phi) is 3.08. The van der Waals surface area contributed by atoms with Crippen molar-refractivity contribution in [3.8, 4) is 0 Å². The maximum atomic E-state index is 12.8. The standard InChI is InChI=1S/C11H14FN5/c1-17-11(13)9(6-15-17)10(16-14)7-2-4-8(12)5-3-7/h2-6,10,16H,13-14H2,1H3. The van der Waals surface area contributed by atoms with Crippen molar-refractivity contribution < 1.29 is 4.39 Å². The molecule has 0 aliphatic heterocycles. The Morgan fingerprint density at radius 3 is 2.47 bits per heavy atom. The van der Waals surface area contributed by atoms with Gasteiger partial charge in [0.15, 0.2) is 0 Å². The van der Waals surface area contributed by atoms with Crippen LogP contribution in [0.3, 0.4) is 0 Å². The van der Waals surface area contributed by atoms with E-state index < -0.39 is 0 Å². The van der Waals surface area contributed by atoms with E-state index in [-0.39, 0.29) is 11.9 Å². The molecule has 0 spiro atoms. The monoisotopic (exact) mass is 235 g/mol. The number of halogens is 1. The number of nitrogens with zero attached hydrogens (tertiary/aromatic N) is 2. The molecule has 0 aliphatic rings. The fraction of sp³-hybridized carbons (Fsp3) is 0.182. The lowest BCUT2D eigenvalue weighted by Gasteiger charge is -2.15. The quantitative estimate of drug-likeness (QED) is 0.540. The summed E-state index contributed by atoms with van der Waals surface area (Å²) >= 11 is 0. The lowest BCUT2D eigenvalue weighted by Crippen LogP contribution is -2.29. The van der Waals surface area contributed by atoms with Crippen LogP contribution in [0.5, 0.6) is 0 Å². The molecular weight excluding hydrogens is 221 g/mol. The molecule has 0 bridgehead atoms. The SMILES string of the molecule is Cn1ncc(C(NN)c2ccc(F)cc2)c1N. The molecule has 2 aromatic rings. The Hall–Kier alpha value is -1.92. The predicted molar refractivity (Wildman–Crippen MR) is 63.2 cm³/mol. The number of rotatable bonds is 3. The van der Waals surface area contributed by atoms with Gasteiger partial charge in [-0.15, -0.1) is 0 Å². The number of anilines is 1. The lowest BCUT2D eigenvalue weighted by atomic mass is 10.0. The van der Waals surface area contributed by atoms with Crippen LogP contribution in [0.25, 0.3) is 0 Å². The number of nitrogen functional groups attached to an aromatic ring is 1. The van der Waals surface area contributed by atoms with Crippen molar-refractivity contribution in [2.75, 3.05) is 5.73 Å². The van der Waals surface area contributed by atoms with E-state index in [1.807, 2.05) is 0 Å². The van der Waals surface area contributed by atoms with Crippen molar-refractivity contribution in [2.24, 2.45) is 12.9 Å². The summed E-state index contributed by atoms with van der Waals surface area (Å²) in [7, 11) is 1.75. The zero-order valence-corrected chi connectivity index (χ0v) is 9.39. The summed E-state index contributed by atoms with van der Waals surface area (Å²) in [5.41, 5.74) is 10.1. The van der Waals surface area contributed by atoms with E-state index in [1.54, 1.807) is 30.1 Å². The van der Waals surface area contributed by atoms with E-state index >= 15 is 0 Å². The highest BCUT2D eigenvalue weighted by Gasteiger charge is 2.17. The molecule has 0 aliphatic carbocycles. The second kappa shape index (κ2) is 4.52. The molecule has 5 nitrogen and oxygen atoms in total. The summed E-state index contributed by atoms with van der Waals surface area (Å²) in [6.45, 7) is 0. The highest BCUT2D eigenvalue weighted by Crippen LogP contribution is 2.25. The Balaban J connectivity index is 2.40. The van der Waals surface area contributed by atoms with Crippen LogP contribution >= 0.6 is 0 Å². The fourth-order valence-corrected chi connectivity index (χ4v) is 1.71. The molecule has 5 N–H and O–H groups in total. The zero-order valence-electron chi connectivity index (χ0n) is 9.39. The number of hydrazine groups is 1. The Labute approximate surface area is 98.2 Å². The largest absolute Gasteiger partial charge is 0.384 e. The zero-order chi connectivity index (χ0) is 12.4. The van der Waals surface area contributed by atoms with Crippen LogP contribution in [0.1, 0.15) is 17.2 Å². The molecule has 17 heavy (non-hydrogen) atoms. The summed E-state index contributed by atoms with van der Waals surface area (Å²) in [4.78, 5) is 0. The topological polar surface area (TPSA) is 81.9 Å². The van der Waals surface area contributed by atoms with Crippen LogP contribution in [0, 0.1) is 5.82 Å². The molecule has 1 heterocycles. The van der Waals surface area contributed by atoms with Crippen molar-refractivity contribution in [3.63, 3.8) is 0 Å². The van der Waals surface area contributed by atoms with Crippen molar-refractivity contribution in [1.82, 2.24) is 15.2 Å². The predicted octanol–water partition coefficient (Wildman–Crippen LogP) is 0.694. The number of hydrogen-bond acceptors (Lipinski definition) is 4. The number of nitrogens with two attached hydrogens (primary N) is 2. The van der Waals surface area contributed by atoms with Crippen molar-refractivity contribution in [3.05, 3.63) is 47.4 Å². The summed E-state index contributed by atoms with van der Waals surface area (Å²) in [6.07, 6.45) is 1.64. The van der Waals surface area contributed by atoms with E-state index in [9.17, 15) is 4.39 Å². The van der Waals surface area contributed by atoms with Crippen LogP contribution in [-0.2, 0) is 7.05 Å². The van der Waals surface area contributed by atoms with E-state index in [0.29, 0.717) is 5.82 Å². The van der Waals surface area contributed by atoms with Gasteiger partial charge in [0.2, 0.25) is 0 Å². The van der Waals surface area contributed by atoms with Crippen LogP contribution in [0.15, 0.2) is 30.5 Å². The van der Waals surface area contributed by atoms with Crippen LogP contribution in [0.2, 0.25) is 0 Å². The van der Waals surface area contributed by atoms with Crippen LogP contribution < -0.4 is 17.0 Å². The van der Waals surface area contributed by atoms with E-state index in [4.69, 9.17) is 11.6 Å². The van der Waals surface area contributed by atoms with Gasteiger partial charge < -0.3 is 5.73 Å². The molecule has 1 aromatic heterocycles. The lowest BCUT2D eigenvalue weighted by molar-refractivity contribution is 0.616. The highest BCUT2D eigenvalue weighted by molar-refractivity contribution is 5.45. The summed E-state index contributed by atoms with van der Waals surface area (Å²) in [6, 6.07) is 5.78. The van der Waals surface area contributed by atoms with Gasteiger partial charge in [0, 0.05) is 12.6 Å². The first-order valence-corrected chi connectivity index (χ1v) is 5.12. The first-order valence-electron chi connectivity index (χ1n) is 5.12. The van der Waals surface area contributed by atoms with Gasteiger partial charge in [-0.25, -0.2) is 9.82 Å². The molecule has 90 valence electrons. The minimum atomic E-state index is -0.302. The molecule has 6 heteroatoms. The third kappa shape index (κ3) is 2.13. The van der Waals surface area contributed by atoms with Gasteiger partial charge in [-0.05, 0) is 17.7 Å². The molecule has 1 atom stereocenters. The third-order valence-electron chi connectivity index (χ3n) is 2.70. The van der Waals surface area contributed by atoms with Crippen molar-refractivity contribution in [2.45, 2.75) is 6.04 Å². The Morgan fingerprint density at radius 1 is 1.35 bits per heavy atom. The van der Waals surface area contributed by atoms with Crippen LogP contribution in [0.4, 0.5) is 10.2 Å². The minimum absolute atomic E-state index is 0.288. The van der Waals surface area contributed by atoms with Gasteiger partial charge in [-0.2, -0.15) is 5.10 Å². The maximum Gasteiger partial charge on any atom is 0.126 e. The maximum absolute atomic E-state index is 12.8.